The molecule has 2 amide bonds. The van der Waals surface area contributed by atoms with Crippen molar-refractivity contribution in [2.75, 3.05) is 5.32 Å². The Morgan fingerprint density at radius 2 is 1.76 bits per heavy atom. The number of nitrogens with one attached hydrogen (secondary N) is 2. The van der Waals surface area contributed by atoms with Crippen LogP contribution in [0.25, 0.3) is 0 Å². The zero-order chi connectivity index (χ0) is 21.9. The Morgan fingerprint density at radius 1 is 1.10 bits per heavy atom. The molecule has 0 fully saturated rings. The first kappa shape index (κ1) is 22.5. The number of carbonyl (C=O) groups is 2. The van der Waals surface area contributed by atoms with Gasteiger partial charge >= 0.3 is 6.18 Å². The van der Waals surface area contributed by atoms with Crippen molar-refractivity contribution in [1.29, 1.82) is 0 Å². The summed E-state index contributed by atoms with van der Waals surface area (Å²) in [7, 11) is 0. The molecule has 0 aliphatic heterocycles. The van der Waals surface area contributed by atoms with Crippen molar-refractivity contribution in [1.82, 2.24) is 5.32 Å². The van der Waals surface area contributed by atoms with E-state index in [-0.39, 0.29) is 16.3 Å². The Bertz CT molecular complexity index is 932. The Morgan fingerprint density at radius 3 is 2.34 bits per heavy atom. The Balaban J connectivity index is 2.23. The van der Waals surface area contributed by atoms with Crippen molar-refractivity contribution in [2.24, 2.45) is 5.92 Å². The highest BCUT2D eigenvalue weighted by atomic mass is 35.5. The van der Waals surface area contributed by atoms with E-state index in [1.807, 2.05) is 0 Å². The maximum atomic E-state index is 13.5. The summed E-state index contributed by atoms with van der Waals surface area (Å²) in [6.45, 7) is 3.18. The number of halogens is 5. The van der Waals surface area contributed by atoms with Crippen molar-refractivity contribution >= 4 is 29.1 Å². The molecule has 3 N–H and O–H groups in total. The zero-order valence-electron chi connectivity index (χ0n) is 15.3. The molecular weight excluding hydrogens is 416 g/mol. The van der Waals surface area contributed by atoms with E-state index in [4.69, 9.17) is 11.6 Å². The van der Waals surface area contributed by atoms with Crippen LogP contribution in [0.4, 0.5) is 23.2 Å². The molecule has 0 saturated carbocycles. The van der Waals surface area contributed by atoms with E-state index in [0.717, 1.165) is 6.07 Å². The highest BCUT2D eigenvalue weighted by Gasteiger charge is 2.32. The average Bonchev–Trinajstić information content (AvgIpc) is 2.59. The number of benzene rings is 2. The Hall–Kier alpha value is -2.81. The number of alkyl halides is 3. The first-order valence-corrected chi connectivity index (χ1v) is 8.74. The highest BCUT2D eigenvalue weighted by molar-refractivity contribution is 6.31. The lowest BCUT2D eigenvalue weighted by molar-refractivity contribution is -0.137. The van der Waals surface area contributed by atoms with Crippen LogP contribution < -0.4 is 10.6 Å². The second-order valence-corrected chi connectivity index (χ2v) is 7.01. The normalized spacial score (nSPS) is 12.6. The van der Waals surface area contributed by atoms with Crippen molar-refractivity contribution in [3.63, 3.8) is 0 Å². The van der Waals surface area contributed by atoms with E-state index in [0.29, 0.717) is 12.1 Å². The van der Waals surface area contributed by atoms with Crippen LogP contribution in [-0.2, 0) is 11.0 Å². The monoisotopic (exact) mass is 432 g/mol. The molecule has 0 bridgehead atoms. The summed E-state index contributed by atoms with van der Waals surface area (Å²) < 4.78 is 52.0. The molecule has 0 heterocycles. The topological polar surface area (TPSA) is 78.4 Å². The second-order valence-electron chi connectivity index (χ2n) is 6.57. The van der Waals surface area contributed by atoms with E-state index < -0.39 is 47.0 Å². The van der Waals surface area contributed by atoms with Crippen LogP contribution in [0, 0.1) is 11.7 Å². The van der Waals surface area contributed by atoms with E-state index >= 15 is 0 Å². The molecule has 156 valence electrons. The van der Waals surface area contributed by atoms with Crippen LogP contribution in [0.15, 0.2) is 36.4 Å². The van der Waals surface area contributed by atoms with Crippen molar-refractivity contribution in [3.8, 4) is 5.75 Å². The lowest BCUT2D eigenvalue weighted by atomic mass is 10.0. The lowest BCUT2D eigenvalue weighted by Crippen LogP contribution is -2.47. The van der Waals surface area contributed by atoms with Crippen molar-refractivity contribution < 1.29 is 32.3 Å². The van der Waals surface area contributed by atoms with Gasteiger partial charge in [0.1, 0.15) is 17.6 Å². The molecule has 2 rings (SSSR count). The molecule has 2 aromatic carbocycles. The van der Waals surface area contributed by atoms with Crippen molar-refractivity contribution in [2.45, 2.75) is 26.1 Å². The summed E-state index contributed by atoms with van der Waals surface area (Å²) >= 11 is 5.80. The number of amides is 2. The molecule has 10 heteroatoms. The van der Waals surface area contributed by atoms with Gasteiger partial charge in [-0.3, -0.25) is 9.59 Å². The van der Waals surface area contributed by atoms with E-state index in [9.17, 15) is 32.3 Å². The van der Waals surface area contributed by atoms with E-state index in [1.54, 1.807) is 13.8 Å². The standard InChI is InChI=1S/C19H17ClF4N2O3/c1-9(2)16(26-17(28)14-7-11(20)3-4-15(14)27)18(29)25-13-6-10(19(22,23)24)5-12(21)8-13/h3-9,16,27H,1-2H3,(H,25,29)(H,26,28). The molecule has 29 heavy (non-hydrogen) atoms. The van der Waals surface area contributed by atoms with Gasteiger partial charge in [-0.05, 0) is 42.3 Å². The lowest BCUT2D eigenvalue weighted by Gasteiger charge is -2.22. The molecule has 0 saturated heterocycles. The quantitative estimate of drug-likeness (QED) is 0.604. The third-order valence-electron chi connectivity index (χ3n) is 3.93. The highest BCUT2D eigenvalue weighted by Crippen LogP contribution is 2.31. The van der Waals surface area contributed by atoms with Gasteiger partial charge in [0.05, 0.1) is 11.1 Å². The van der Waals surface area contributed by atoms with Gasteiger partial charge in [-0.1, -0.05) is 25.4 Å². The van der Waals surface area contributed by atoms with Crippen LogP contribution in [0.5, 0.6) is 5.75 Å². The predicted molar refractivity (Wildman–Crippen MR) is 99.2 cm³/mol. The molecule has 2 aromatic rings. The second kappa shape index (κ2) is 8.69. The summed E-state index contributed by atoms with van der Waals surface area (Å²) in [5, 5.41) is 14.6. The molecule has 0 spiro atoms. The number of anilines is 1. The molecule has 0 aromatic heterocycles. The molecular formula is C19H17ClF4N2O3. The first-order chi connectivity index (χ1) is 13.4. The minimum Gasteiger partial charge on any atom is -0.507 e. The van der Waals surface area contributed by atoms with Crippen LogP contribution in [0.2, 0.25) is 5.02 Å². The van der Waals surface area contributed by atoms with Gasteiger partial charge in [0, 0.05) is 10.7 Å². The summed E-state index contributed by atoms with van der Waals surface area (Å²) in [6, 6.07) is 4.20. The third-order valence-corrected chi connectivity index (χ3v) is 4.17. The van der Waals surface area contributed by atoms with Crippen LogP contribution in [0.1, 0.15) is 29.8 Å². The first-order valence-electron chi connectivity index (χ1n) is 8.36. The molecule has 1 unspecified atom stereocenters. The SMILES string of the molecule is CC(C)C(NC(=O)c1cc(Cl)ccc1O)C(=O)Nc1cc(F)cc(C(F)(F)F)c1. The van der Waals surface area contributed by atoms with E-state index in [1.165, 1.54) is 18.2 Å². The average molecular weight is 433 g/mol. The molecule has 1 atom stereocenters. The number of carbonyl (C=O) groups excluding carboxylic acids is 2. The minimum atomic E-state index is -4.79. The maximum absolute atomic E-state index is 13.5. The summed E-state index contributed by atoms with van der Waals surface area (Å²) in [5.41, 5.74) is -1.85. The molecule has 5 nitrogen and oxygen atoms in total. The number of rotatable bonds is 5. The largest absolute Gasteiger partial charge is 0.507 e. The maximum Gasteiger partial charge on any atom is 0.416 e. The van der Waals surface area contributed by atoms with Crippen LogP contribution in [-0.4, -0.2) is 23.0 Å². The van der Waals surface area contributed by atoms with Gasteiger partial charge < -0.3 is 15.7 Å². The zero-order valence-corrected chi connectivity index (χ0v) is 16.0. The fourth-order valence-corrected chi connectivity index (χ4v) is 2.66. The summed E-state index contributed by atoms with van der Waals surface area (Å²) in [4.78, 5) is 24.9. The summed E-state index contributed by atoms with van der Waals surface area (Å²) in [6.07, 6.45) is -4.79. The third kappa shape index (κ3) is 5.83. The van der Waals surface area contributed by atoms with Crippen LogP contribution >= 0.6 is 11.6 Å². The van der Waals surface area contributed by atoms with Gasteiger partial charge in [0.2, 0.25) is 5.91 Å². The number of hydrogen-bond donors (Lipinski definition) is 3. The fraction of sp³-hybridized carbons (Fsp3) is 0.263. The number of aromatic hydroxyl groups is 1. The van der Waals surface area contributed by atoms with Gasteiger partial charge in [-0.15, -0.1) is 0 Å². The van der Waals surface area contributed by atoms with Gasteiger partial charge in [-0.25, -0.2) is 4.39 Å². The van der Waals surface area contributed by atoms with Gasteiger partial charge in [0.25, 0.3) is 5.91 Å². The van der Waals surface area contributed by atoms with Crippen molar-refractivity contribution in [3.05, 3.63) is 58.4 Å². The number of phenolic OH excluding ortho intramolecular Hbond substituents is 1. The fourth-order valence-electron chi connectivity index (χ4n) is 2.49. The molecule has 0 aliphatic rings. The minimum absolute atomic E-state index is 0.179. The van der Waals surface area contributed by atoms with Crippen LogP contribution in [0.3, 0.4) is 0 Å². The van der Waals surface area contributed by atoms with Gasteiger partial charge in [0.15, 0.2) is 0 Å². The number of phenols is 1. The molecule has 0 aliphatic carbocycles. The number of hydrogen-bond acceptors (Lipinski definition) is 3. The Labute approximate surface area is 168 Å². The predicted octanol–water partition coefficient (Wildman–Crippen LogP) is 4.60. The summed E-state index contributed by atoms with van der Waals surface area (Å²) in [5.74, 6) is -3.68. The Kier molecular flexibility index (Phi) is 6.73. The van der Waals surface area contributed by atoms with Gasteiger partial charge in [-0.2, -0.15) is 13.2 Å². The molecule has 0 radical (unpaired) electrons. The smallest absolute Gasteiger partial charge is 0.416 e. The van der Waals surface area contributed by atoms with E-state index in [2.05, 4.69) is 10.6 Å².